The van der Waals surface area contributed by atoms with Crippen molar-refractivity contribution in [1.29, 1.82) is 0 Å². The second-order valence-electron chi connectivity index (χ2n) is 6.77. The number of hydrogen-bond donors (Lipinski definition) is 1. The van der Waals surface area contributed by atoms with E-state index in [-0.39, 0.29) is 5.56 Å². The van der Waals surface area contributed by atoms with Crippen molar-refractivity contribution < 1.29 is 14.6 Å². The lowest BCUT2D eigenvalue weighted by molar-refractivity contribution is -0.394. The van der Waals surface area contributed by atoms with Gasteiger partial charge in [0.05, 0.1) is 21.5 Å². The molecule has 0 bridgehead atoms. The van der Waals surface area contributed by atoms with E-state index in [1.54, 1.807) is 4.90 Å². The number of non-ortho nitro benzene ring substituents is 2. The van der Waals surface area contributed by atoms with Crippen molar-refractivity contribution in [2.24, 2.45) is 5.73 Å². The zero-order chi connectivity index (χ0) is 20.3. The van der Waals surface area contributed by atoms with Crippen molar-refractivity contribution in [3.05, 3.63) is 79.4 Å². The summed E-state index contributed by atoms with van der Waals surface area (Å²) in [5, 5.41) is 22.1. The van der Waals surface area contributed by atoms with E-state index in [4.69, 9.17) is 5.73 Å². The van der Waals surface area contributed by atoms with Crippen molar-refractivity contribution in [3.8, 4) is 0 Å². The Morgan fingerprint density at radius 3 is 2.18 bits per heavy atom. The third-order valence-electron chi connectivity index (χ3n) is 5.01. The molecule has 0 aromatic heterocycles. The molecular weight excluding hydrogens is 364 g/mol. The van der Waals surface area contributed by atoms with Crippen LogP contribution in [0, 0.1) is 20.2 Å². The minimum absolute atomic E-state index is 0.0375. The van der Waals surface area contributed by atoms with Crippen LogP contribution in [-0.4, -0.2) is 33.7 Å². The molecule has 2 aromatic carbocycles. The number of nitrogens with zero attached hydrogens (tertiary/aromatic N) is 3. The summed E-state index contributed by atoms with van der Waals surface area (Å²) < 4.78 is 0. The zero-order valence-corrected chi connectivity index (χ0v) is 15.1. The first-order chi connectivity index (χ1) is 13.4. The van der Waals surface area contributed by atoms with Crippen LogP contribution in [0.3, 0.4) is 0 Å². The van der Waals surface area contributed by atoms with Crippen LogP contribution in [0.4, 0.5) is 11.4 Å². The van der Waals surface area contributed by atoms with Gasteiger partial charge >= 0.3 is 0 Å². The molecule has 3 rings (SSSR count). The molecule has 2 N–H and O–H groups in total. The lowest BCUT2D eigenvalue weighted by Crippen LogP contribution is -2.38. The fraction of sp³-hybridized carbons (Fsp3) is 0.316. The van der Waals surface area contributed by atoms with Crippen LogP contribution in [0.1, 0.15) is 40.2 Å². The van der Waals surface area contributed by atoms with Gasteiger partial charge in [-0.05, 0) is 29.9 Å². The molecule has 0 unspecified atom stereocenters. The number of benzene rings is 2. The Bertz CT molecular complexity index is 890. The third-order valence-corrected chi connectivity index (χ3v) is 5.01. The van der Waals surface area contributed by atoms with Crippen LogP contribution < -0.4 is 5.73 Å². The van der Waals surface area contributed by atoms with Gasteiger partial charge in [-0.2, -0.15) is 0 Å². The number of rotatable bonds is 5. The smallest absolute Gasteiger partial charge is 0.277 e. The quantitative estimate of drug-likeness (QED) is 0.622. The number of carbonyl (C=O) groups is 1. The third kappa shape index (κ3) is 4.15. The first-order valence-electron chi connectivity index (χ1n) is 8.91. The van der Waals surface area contributed by atoms with Crippen LogP contribution in [0.15, 0.2) is 42.5 Å². The number of likely N-dealkylation sites (tertiary alicyclic amines) is 1. The molecule has 0 radical (unpaired) electrons. The van der Waals surface area contributed by atoms with E-state index >= 15 is 0 Å². The maximum Gasteiger partial charge on any atom is 0.277 e. The Morgan fingerprint density at radius 1 is 1.04 bits per heavy atom. The molecule has 0 atom stereocenters. The summed E-state index contributed by atoms with van der Waals surface area (Å²) in [5.74, 6) is -0.129. The maximum absolute atomic E-state index is 12.8. The van der Waals surface area contributed by atoms with Gasteiger partial charge in [0.1, 0.15) is 0 Å². The summed E-state index contributed by atoms with van der Waals surface area (Å²) in [6.45, 7) is 1.43. The van der Waals surface area contributed by atoms with E-state index in [0.717, 1.165) is 36.6 Å². The van der Waals surface area contributed by atoms with Gasteiger partial charge in [-0.3, -0.25) is 25.0 Å². The first-order valence-corrected chi connectivity index (χ1v) is 8.91. The normalized spacial score (nSPS) is 14.7. The molecule has 1 aliphatic heterocycles. The van der Waals surface area contributed by atoms with Gasteiger partial charge < -0.3 is 10.6 Å². The van der Waals surface area contributed by atoms with E-state index in [0.29, 0.717) is 25.6 Å². The standard InChI is InChI=1S/C19H20N4O5/c20-12-13-2-1-3-15(8-13)14-4-6-21(7-5-14)19(24)16-9-17(22(25)26)11-18(10-16)23(27)28/h1-3,8-11,14H,4-7,12,20H2. The van der Waals surface area contributed by atoms with E-state index in [2.05, 4.69) is 6.07 Å². The average molecular weight is 384 g/mol. The minimum atomic E-state index is -0.736. The van der Waals surface area contributed by atoms with Gasteiger partial charge in [0.15, 0.2) is 0 Å². The molecule has 146 valence electrons. The summed E-state index contributed by atoms with van der Waals surface area (Å²) in [5.41, 5.74) is 6.96. The molecule has 9 nitrogen and oxygen atoms in total. The minimum Gasteiger partial charge on any atom is -0.339 e. The molecule has 28 heavy (non-hydrogen) atoms. The maximum atomic E-state index is 12.8. The van der Waals surface area contributed by atoms with Gasteiger partial charge in [0.2, 0.25) is 0 Å². The van der Waals surface area contributed by atoms with E-state index in [1.165, 1.54) is 5.56 Å². The SMILES string of the molecule is NCc1cccc(C2CCN(C(=O)c3cc([N+](=O)[O-])cc([N+](=O)[O-])c3)CC2)c1. The molecule has 1 aliphatic rings. The van der Waals surface area contributed by atoms with Gasteiger partial charge in [-0.25, -0.2) is 0 Å². The fourth-order valence-electron chi connectivity index (χ4n) is 3.50. The van der Waals surface area contributed by atoms with Crippen LogP contribution in [0.2, 0.25) is 0 Å². The second-order valence-corrected chi connectivity index (χ2v) is 6.77. The van der Waals surface area contributed by atoms with Gasteiger partial charge in [-0.1, -0.05) is 24.3 Å². The lowest BCUT2D eigenvalue weighted by atomic mass is 9.88. The number of nitro groups is 2. The summed E-state index contributed by atoms with van der Waals surface area (Å²) in [6, 6.07) is 11.1. The number of nitrogens with two attached hydrogens (primary N) is 1. The average Bonchev–Trinajstić information content (AvgIpc) is 2.73. The summed E-state index contributed by atoms with van der Waals surface area (Å²) in [4.78, 5) is 34.9. The van der Waals surface area contributed by atoms with E-state index in [1.807, 2.05) is 18.2 Å². The molecule has 0 spiro atoms. The Hall–Kier alpha value is -3.33. The van der Waals surface area contributed by atoms with E-state index < -0.39 is 27.1 Å². The zero-order valence-electron chi connectivity index (χ0n) is 15.1. The molecule has 9 heteroatoms. The van der Waals surface area contributed by atoms with Crippen LogP contribution in [0.5, 0.6) is 0 Å². The number of hydrogen-bond acceptors (Lipinski definition) is 6. The van der Waals surface area contributed by atoms with Crippen molar-refractivity contribution in [2.75, 3.05) is 13.1 Å². The van der Waals surface area contributed by atoms with E-state index in [9.17, 15) is 25.0 Å². The Labute approximate surface area is 161 Å². The number of nitro benzene ring substituents is 2. The van der Waals surface area contributed by atoms with Crippen molar-refractivity contribution in [2.45, 2.75) is 25.3 Å². The second kappa shape index (κ2) is 8.13. The lowest BCUT2D eigenvalue weighted by Gasteiger charge is -2.32. The molecule has 0 aliphatic carbocycles. The molecule has 2 aromatic rings. The number of piperidine rings is 1. The largest absolute Gasteiger partial charge is 0.339 e. The molecule has 1 heterocycles. The highest BCUT2D eigenvalue weighted by molar-refractivity contribution is 5.95. The predicted octanol–water partition coefficient (Wildman–Crippen LogP) is 2.98. The van der Waals surface area contributed by atoms with Crippen molar-refractivity contribution >= 4 is 17.3 Å². The summed E-state index contributed by atoms with van der Waals surface area (Å²) in [6.07, 6.45) is 1.49. The number of amides is 1. The summed E-state index contributed by atoms with van der Waals surface area (Å²) >= 11 is 0. The first kappa shape index (κ1) is 19.4. The molecule has 1 saturated heterocycles. The van der Waals surface area contributed by atoms with Crippen LogP contribution >= 0.6 is 0 Å². The highest BCUT2D eigenvalue weighted by Crippen LogP contribution is 2.30. The Kier molecular flexibility index (Phi) is 5.65. The predicted molar refractivity (Wildman–Crippen MR) is 102 cm³/mol. The van der Waals surface area contributed by atoms with Gasteiger partial charge in [-0.15, -0.1) is 0 Å². The van der Waals surface area contributed by atoms with Crippen molar-refractivity contribution in [1.82, 2.24) is 4.90 Å². The molecule has 1 fully saturated rings. The number of carbonyl (C=O) groups excluding carboxylic acids is 1. The highest BCUT2D eigenvalue weighted by atomic mass is 16.6. The van der Waals surface area contributed by atoms with Crippen LogP contribution in [-0.2, 0) is 6.54 Å². The molecule has 0 saturated carbocycles. The topological polar surface area (TPSA) is 133 Å². The Balaban J connectivity index is 1.74. The van der Waals surface area contributed by atoms with Crippen LogP contribution in [0.25, 0.3) is 0 Å². The molecular formula is C19H20N4O5. The summed E-state index contributed by atoms with van der Waals surface area (Å²) in [7, 11) is 0. The Morgan fingerprint density at radius 2 is 1.64 bits per heavy atom. The van der Waals surface area contributed by atoms with Crippen molar-refractivity contribution in [3.63, 3.8) is 0 Å². The van der Waals surface area contributed by atoms with Gasteiger partial charge in [0.25, 0.3) is 17.3 Å². The monoisotopic (exact) mass is 384 g/mol. The fourth-order valence-corrected chi connectivity index (χ4v) is 3.50. The highest BCUT2D eigenvalue weighted by Gasteiger charge is 2.27. The molecule has 1 amide bonds. The van der Waals surface area contributed by atoms with Gasteiger partial charge in [0, 0.05) is 31.8 Å².